The predicted molar refractivity (Wildman–Crippen MR) is 128 cm³/mol. The third-order valence-electron chi connectivity index (χ3n) is 4.76. The lowest BCUT2D eigenvalue weighted by Gasteiger charge is -2.09. The number of hydrogen-bond donors (Lipinski definition) is 1. The molecule has 1 aromatic carbocycles. The van der Waals surface area contributed by atoms with E-state index in [0.29, 0.717) is 18.0 Å². The van der Waals surface area contributed by atoms with Crippen molar-refractivity contribution in [2.24, 2.45) is 0 Å². The highest BCUT2D eigenvalue weighted by atomic mass is 32.2. The fourth-order valence-corrected chi connectivity index (χ4v) is 4.88. The molecule has 3 heterocycles. The summed E-state index contributed by atoms with van der Waals surface area (Å²) in [5, 5.41) is 15.3. The van der Waals surface area contributed by atoms with Crippen LogP contribution in [0.2, 0.25) is 0 Å². The minimum absolute atomic E-state index is 0.110. The Bertz CT molecular complexity index is 1140. The summed E-state index contributed by atoms with van der Waals surface area (Å²) < 4.78 is 2.04. The molecule has 0 aliphatic rings. The number of unbranched alkanes of at least 4 members (excludes halogenated alkanes) is 2. The summed E-state index contributed by atoms with van der Waals surface area (Å²) in [7, 11) is 0. The van der Waals surface area contributed by atoms with Crippen molar-refractivity contribution in [3.8, 4) is 17.1 Å². The minimum Gasteiger partial charge on any atom is -0.351 e. The van der Waals surface area contributed by atoms with Crippen LogP contribution >= 0.6 is 23.1 Å². The first-order chi connectivity index (χ1) is 15.8. The number of pyridine rings is 1. The Hall–Kier alpha value is -3.04. The minimum atomic E-state index is -0.110. The summed E-state index contributed by atoms with van der Waals surface area (Å²) in [6, 6.07) is 13.9. The molecule has 7 nitrogen and oxygen atoms in total. The highest BCUT2D eigenvalue weighted by Crippen LogP contribution is 2.30. The maximum atomic E-state index is 12.3. The van der Waals surface area contributed by atoms with E-state index in [-0.39, 0.29) is 5.91 Å². The van der Waals surface area contributed by atoms with Gasteiger partial charge < -0.3 is 5.32 Å². The number of aromatic nitrogens is 5. The second-order valence-corrected chi connectivity index (χ2v) is 8.98. The number of amides is 1. The maximum absolute atomic E-state index is 12.3. The van der Waals surface area contributed by atoms with Crippen molar-refractivity contribution >= 4 is 29.0 Å². The zero-order chi connectivity index (χ0) is 22.2. The van der Waals surface area contributed by atoms with E-state index in [0.717, 1.165) is 46.5 Å². The van der Waals surface area contributed by atoms with Gasteiger partial charge in [-0.15, -0.1) is 21.5 Å². The molecular formula is C23H24N6OS2. The Morgan fingerprint density at radius 2 is 1.91 bits per heavy atom. The predicted octanol–water partition coefficient (Wildman–Crippen LogP) is 5.00. The quantitative estimate of drug-likeness (QED) is 0.263. The smallest absolute Gasteiger partial charge is 0.270 e. The van der Waals surface area contributed by atoms with Crippen LogP contribution in [0.15, 0.2) is 65.4 Å². The van der Waals surface area contributed by atoms with Crippen molar-refractivity contribution in [1.82, 2.24) is 30.0 Å². The Morgan fingerprint density at radius 1 is 1.09 bits per heavy atom. The average molecular weight is 465 g/mol. The molecule has 4 rings (SSSR count). The second kappa shape index (κ2) is 11.0. The summed E-state index contributed by atoms with van der Waals surface area (Å²) in [4.78, 5) is 20.9. The van der Waals surface area contributed by atoms with E-state index in [4.69, 9.17) is 0 Å². The van der Waals surface area contributed by atoms with Crippen LogP contribution < -0.4 is 5.32 Å². The third kappa shape index (κ3) is 5.41. The number of nitrogens with zero attached hydrogens (tertiary/aromatic N) is 5. The standard InChI is InChI=1S/C23H24N6OS2/c1-2-3-7-12-25-22(30)19-15-31-20(26-19)16-32-23-28-27-21(17-10-13-24-14-11-17)29(23)18-8-5-4-6-9-18/h4-6,8-11,13-15H,2-3,7,12,16H2,1H3,(H,25,30). The van der Waals surface area contributed by atoms with Crippen molar-refractivity contribution in [1.29, 1.82) is 0 Å². The van der Waals surface area contributed by atoms with Crippen molar-refractivity contribution < 1.29 is 4.79 Å². The first kappa shape index (κ1) is 22.2. The number of thioether (sulfide) groups is 1. The molecule has 0 atom stereocenters. The molecule has 0 spiro atoms. The molecule has 0 aliphatic carbocycles. The van der Waals surface area contributed by atoms with Crippen LogP contribution in [0, 0.1) is 0 Å². The van der Waals surface area contributed by atoms with E-state index in [2.05, 4.69) is 32.4 Å². The topological polar surface area (TPSA) is 85.6 Å². The van der Waals surface area contributed by atoms with Gasteiger partial charge in [-0.05, 0) is 30.7 Å². The van der Waals surface area contributed by atoms with Gasteiger partial charge in [-0.25, -0.2) is 4.98 Å². The fraction of sp³-hybridized carbons (Fsp3) is 0.261. The molecular weight excluding hydrogens is 440 g/mol. The summed E-state index contributed by atoms with van der Waals surface area (Å²) in [5.74, 6) is 1.25. The van der Waals surface area contributed by atoms with E-state index < -0.39 is 0 Å². The fourth-order valence-electron chi connectivity index (χ4n) is 3.14. The van der Waals surface area contributed by atoms with Gasteiger partial charge in [-0.3, -0.25) is 14.3 Å². The lowest BCUT2D eigenvalue weighted by Crippen LogP contribution is -2.24. The number of carbonyl (C=O) groups is 1. The average Bonchev–Trinajstić information content (AvgIpc) is 3.49. The molecule has 0 bridgehead atoms. The Labute approximate surface area is 195 Å². The lowest BCUT2D eigenvalue weighted by molar-refractivity contribution is 0.0948. The molecule has 4 aromatic rings. The number of benzene rings is 1. The summed E-state index contributed by atoms with van der Waals surface area (Å²) in [6.07, 6.45) is 6.73. The molecule has 3 aromatic heterocycles. The van der Waals surface area contributed by atoms with Crippen molar-refractivity contribution in [3.63, 3.8) is 0 Å². The van der Waals surface area contributed by atoms with Crippen LogP contribution in [0.1, 0.15) is 41.7 Å². The second-order valence-electron chi connectivity index (χ2n) is 7.09. The molecule has 0 saturated carbocycles. The number of nitrogens with one attached hydrogen (secondary N) is 1. The van der Waals surface area contributed by atoms with Gasteiger partial charge in [0.05, 0.1) is 5.75 Å². The van der Waals surface area contributed by atoms with Gasteiger partial charge in [0.2, 0.25) is 0 Å². The summed E-state index contributed by atoms with van der Waals surface area (Å²) >= 11 is 3.04. The normalized spacial score (nSPS) is 10.9. The Morgan fingerprint density at radius 3 is 2.69 bits per heavy atom. The highest BCUT2D eigenvalue weighted by Gasteiger charge is 2.17. The molecule has 9 heteroatoms. The Kier molecular flexibility index (Phi) is 7.63. The van der Waals surface area contributed by atoms with E-state index in [1.807, 2.05) is 52.4 Å². The van der Waals surface area contributed by atoms with Crippen LogP contribution in [0.5, 0.6) is 0 Å². The molecule has 0 aliphatic heterocycles. The molecule has 32 heavy (non-hydrogen) atoms. The van der Waals surface area contributed by atoms with Gasteiger partial charge in [-0.1, -0.05) is 49.7 Å². The van der Waals surface area contributed by atoms with E-state index >= 15 is 0 Å². The van der Waals surface area contributed by atoms with Gasteiger partial charge >= 0.3 is 0 Å². The molecule has 164 valence electrons. The molecule has 0 unspecified atom stereocenters. The van der Waals surface area contributed by atoms with Gasteiger partial charge in [0.25, 0.3) is 5.91 Å². The number of thiazole rings is 1. The van der Waals surface area contributed by atoms with Crippen LogP contribution in [-0.4, -0.2) is 37.2 Å². The van der Waals surface area contributed by atoms with Crippen molar-refractivity contribution in [3.05, 3.63) is 70.9 Å². The summed E-state index contributed by atoms with van der Waals surface area (Å²) in [6.45, 7) is 2.83. The van der Waals surface area contributed by atoms with Crippen LogP contribution in [0.4, 0.5) is 0 Å². The number of rotatable bonds is 10. The monoisotopic (exact) mass is 464 g/mol. The number of hydrogen-bond acceptors (Lipinski definition) is 7. The largest absolute Gasteiger partial charge is 0.351 e. The zero-order valence-electron chi connectivity index (χ0n) is 17.8. The molecule has 0 fully saturated rings. The van der Waals surface area contributed by atoms with Crippen molar-refractivity contribution in [2.75, 3.05) is 6.54 Å². The number of para-hydroxylation sites is 1. The molecule has 1 N–H and O–H groups in total. The van der Waals surface area contributed by atoms with E-state index in [9.17, 15) is 4.79 Å². The SMILES string of the molecule is CCCCCNC(=O)c1csc(CSc2nnc(-c3ccncc3)n2-c2ccccc2)n1. The first-order valence-electron chi connectivity index (χ1n) is 10.5. The zero-order valence-corrected chi connectivity index (χ0v) is 19.4. The maximum Gasteiger partial charge on any atom is 0.270 e. The van der Waals surface area contributed by atoms with Gasteiger partial charge in [0.15, 0.2) is 11.0 Å². The molecule has 0 saturated heterocycles. The third-order valence-corrected chi connectivity index (χ3v) is 6.73. The van der Waals surface area contributed by atoms with Crippen LogP contribution in [0.3, 0.4) is 0 Å². The van der Waals surface area contributed by atoms with Crippen LogP contribution in [-0.2, 0) is 5.75 Å². The molecule has 0 radical (unpaired) electrons. The van der Waals surface area contributed by atoms with E-state index in [1.165, 1.54) is 11.3 Å². The highest BCUT2D eigenvalue weighted by molar-refractivity contribution is 7.98. The molecule has 1 amide bonds. The van der Waals surface area contributed by atoms with Gasteiger partial charge in [-0.2, -0.15) is 0 Å². The first-order valence-corrected chi connectivity index (χ1v) is 12.4. The Balaban J connectivity index is 1.49. The lowest BCUT2D eigenvalue weighted by atomic mass is 10.2. The number of carbonyl (C=O) groups excluding carboxylic acids is 1. The van der Waals surface area contributed by atoms with Crippen molar-refractivity contribution in [2.45, 2.75) is 37.1 Å². The van der Waals surface area contributed by atoms with Gasteiger partial charge in [0.1, 0.15) is 10.7 Å². The van der Waals surface area contributed by atoms with Crippen LogP contribution in [0.25, 0.3) is 17.1 Å². The summed E-state index contributed by atoms with van der Waals surface area (Å²) in [5.41, 5.74) is 2.40. The van der Waals surface area contributed by atoms with E-state index in [1.54, 1.807) is 24.2 Å². The van der Waals surface area contributed by atoms with Gasteiger partial charge in [0, 0.05) is 35.6 Å².